The summed E-state index contributed by atoms with van der Waals surface area (Å²) in [4.78, 5) is 25.5. The molecule has 0 saturated heterocycles. The van der Waals surface area contributed by atoms with E-state index in [1.54, 1.807) is 0 Å². The van der Waals surface area contributed by atoms with Crippen LogP contribution >= 0.6 is 0 Å². The molecule has 8 heteroatoms. The van der Waals surface area contributed by atoms with Crippen molar-refractivity contribution >= 4 is 5.97 Å². The van der Waals surface area contributed by atoms with Crippen LogP contribution in [0, 0.1) is 0 Å². The lowest BCUT2D eigenvalue weighted by Crippen LogP contribution is -2.18. The summed E-state index contributed by atoms with van der Waals surface area (Å²) in [5, 5.41) is 14.5. The lowest BCUT2D eigenvalue weighted by atomic mass is 10.1. The summed E-state index contributed by atoms with van der Waals surface area (Å²) in [6, 6.07) is 3.48. The average molecular weight is 267 g/mol. The number of aromatic nitrogens is 3. The molecule has 19 heavy (non-hydrogen) atoms. The molecule has 6 nitrogen and oxygen atoms in total. The number of nitrogens with one attached hydrogen (secondary N) is 1. The van der Waals surface area contributed by atoms with Gasteiger partial charge in [0.25, 0.3) is 12.0 Å². The molecule has 0 aliphatic heterocycles. The largest absolute Gasteiger partial charge is 0.477 e. The first-order chi connectivity index (χ1) is 8.99. The van der Waals surface area contributed by atoms with Crippen LogP contribution in [0.15, 0.2) is 29.2 Å². The Bertz CT molecular complexity index is 668. The number of alkyl halides is 2. The van der Waals surface area contributed by atoms with Crippen molar-refractivity contribution in [3.05, 3.63) is 46.0 Å². The van der Waals surface area contributed by atoms with Crippen LogP contribution in [-0.4, -0.2) is 26.3 Å². The second-order valence-electron chi connectivity index (χ2n) is 3.57. The molecule has 2 rings (SSSR count). The van der Waals surface area contributed by atoms with Gasteiger partial charge in [-0.1, -0.05) is 0 Å². The van der Waals surface area contributed by atoms with E-state index < -0.39 is 29.2 Å². The van der Waals surface area contributed by atoms with Gasteiger partial charge in [-0.3, -0.25) is 9.78 Å². The highest BCUT2D eigenvalue weighted by atomic mass is 19.3. The van der Waals surface area contributed by atoms with Crippen molar-refractivity contribution in [1.82, 2.24) is 15.2 Å². The molecule has 98 valence electrons. The summed E-state index contributed by atoms with van der Waals surface area (Å²) in [5.41, 5.74) is -1.27. The molecule has 0 fully saturated rings. The van der Waals surface area contributed by atoms with Gasteiger partial charge in [0.15, 0.2) is 0 Å². The van der Waals surface area contributed by atoms with Gasteiger partial charge in [0.05, 0.1) is 5.69 Å². The molecule has 0 saturated carbocycles. The monoisotopic (exact) mass is 267 g/mol. The maximum atomic E-state index is 12.3. The second kappa shape index (κ2) is 4.92. The van der Waals surface area contributed by atoms with Crippen LogP contribution in [0.1, 0.15) is 22.5 Å². The van der Waals surface area contributed by atoms with Crippen molar-refractivity contribution in [3.63, 3.8) is 0 Å². The molecule has 0 bridgehead atoms. The van der Waals surface area contributed by atoms with E-state index in [9.17, 15) is 18.4 Å². The van der Waals surface area contributed by atoms with Crippen molar-refractivity contribution in [3.8, 4) is 11.3 Å². The minimum absolute atomic E-state index is 0.130. The highest BCUT2D eigenvalue weighted by Crippen LogP contribution is 2.20. The van der Waals surface area contributed by atoms with E-state index in [1.165, 1.54) is 6.07 Å². The van der Waals surface area contributed by atoms with Crippen LogP contribution in [0.3, 0.4) is 0 Å². The lowest BCUT2D eigenvalue weighted by Gasteiger charge is -2.02. The Labute approximate surface area is 104 Å². The molecule has 0 atom stereocenters. The van der Waals surface area contributed by atoms with Gasteiger partial charge < -0.3 is 5.11 Å². The molecule has 0 aromatic carbocycles. The Morgan fingerprint density at radius 2 is 2.11 bits per heavy atom. The Morgan fingerprint density at radius 1 is 1.37 bits per heavy atom. The van der Waals surface area contributed by atoms with E-state index in [-0.39, 0.29) is 5.69 Å². The third kappa shape index (κ3) is 2.62. The fourth-order valence-corrected chi connectivity index (χ4v) is 1.40. The van der Waals surface area contributed by atoms with E-state index in [4.69, 9.17) is 5.11 Å². The van der Waals surface area contributed by atoms with Crippen molar-refractivity contribution in [2.75, 3.05) is 0 Å². The van der Waals surface area contributed by atoms with Crippen LogP contribution in [-0.2, 0) is 0 Å². The standard InChI is InChI=1S/C11H7F2N3O3/c12-9(13)7-2-1-5(4-14-7)8-3-6(11(18)19)10(17)16-15-8/h1-4,9H,(H,16,17)(H,18,19). The molecular weight excluding hydrogens is 260 g/mol. The predicted molar refractivity (Wildman–Crippen MR) is 60.0 cm³/mol. The number of rotatable bonds is 3. The van der Waals surface area contributed by atoms with Gasteiger partial charge in [-0.15, -0.1) is 0 Å². The molecule has 2 aromatic rings. The number of hydrogen-bond donors (Lipinski definition) is 2. The summed E-state index contributed by atoms with van der Waals surface area (Å²) in [7, 11) is 0. The molecule has 0 aliphatic carbocycles. The molecule has 0 spiro atoms. The summed E-state index contributed by atoms with van der Waals surface area (Å²) in [6.07, 6.45) is -1.56. The quantitative estimate of drug-likeness (QED) is 0.877. The van der Waals surface area contributed by atoms with Crippen molar-refractivity contribution in [1.29, 1.82) is 0 Å². The van der Waals surface area contributed by atoms with E-state index in [0.717, 1.165) is 18.3 Å². The number of aromatic carboxylic acids is 1. The Balaban J connectivity index is 2.44. The number of carboxylic acids is 1. The van der Waals surface area contributed by atoms with Gasteiger partial charge >= 0.3 is 5.97 Å². The molecule has 0 aliphatic rings. The van der Waals surface area contributed by atoms with Gasteiger partial charge in [-0.25, -0.2) is 18.7 Å². The molecule has 2 aromatic heterocycles. The average Bonchev–Trinajstić information content (AvgIpc) is 2.39. The fraction of sp³-hybridized carbons (Fsp3) is 0.0909. The summed E-state index contributed by atoms with van der Waals surface area (Å²) < 4.78 is 24.6. The lowest BCUT2D eigenvalue weighted by molar-refractivity contribution is 0.0694. The Morgan fingerprint density at radius 3 is 2.63 bits per heavy atom. The molecule has 2 heterocycles. The van der Waals surface area contributed by atoms with Crippen LogP contribution in [0.2, 0.25) is 0 Å². The molecule has 2 N–H and O–H groups in total. The molecule has 0 unspecified atom stereocenters. The van der Waals surface area contributed by atoms with E-state index >= 15 is 0 Å². The topological polar surface area (TPSA) is 95.9 Å². The zero-order valence-corrected chi connectivity index (χ0v) is 9.30. The zero-order valence-electron chi connectivity index (χ0n) is 9.30. The number of aromatic amines is 1. The summed E-state index contributed by atoms with van der Waals surface area (Å²) in [6.45, 7) is 0. The maximum absolute atomic E-state index is 12.3. The van der Waals surface area contributed by atoms with Crippen molar-refractivity contribution < 1.29 is 18.7 Å². The van der Waals surface area contributed by atoms with Gasteiger partial charge in [-0.05, 0) is 18.2 Å². The number of carbonyl (C=O) groups is 1. The van der Waals surface area contributed by atoms with E-state index in [2.05, 4.69) is 10.1 Å². The zero-order chi connectivity index (χ0) is 14.0. The third-order valence-electron chi connectivity index (χ3n) is 2.34. The van der Waals surface area contributed by atoms with E-state index in [0.29, 0.717) is 5.56 Å². The normalized spacial score (nSPS) is 10.7. The summed E-state index contributed by atoms with van der Waals surface area (Å²) >= 11 is 0. The highest BCUT2D eigenvalue weighted by molar-refractivity contribution is 5.88. The third-order valence-corrected chi connectivity index (χ3v) is 2.34. The first kappa shape index (κ1) is 12.8. The summed E-state index contributed by atoms with van der Waals surface area (Å²) in [5.74, 6) is -1.40. The maximum Gasteiger partial charge on any atom is 0.341 e. The van der Waals surface area contributed by atoms with E-state index in [1.807, 2.05) is 5.10 Å². The molecule has 0 amide bonds. The smallest absolute Gasteiger partial charge is 0.341 e. The Kier molecular flexibility index (Phi) is 3.32. The van der Waals surface area contributed by atoms with Gasteiger partial charge in [0, 0.05) is 11.8 Å². The van der Waals surface area contributed by atoms with Crippen molar-refractivity contribution in [2.45, 2.75) is 6.43 Å². The minimum atomic E-state index is -2.69. The Hall–Kier alpha value is -2.64. The number of hydrogen-bond acceptors (Lipinski definition) is 4. The van der Waals surface area contributed by atoms with Crippen LogP contribution in [0.5, 0.6) is 0 Å². The van der Waals surface area contributed by atoms with Crippen LogP contribution in [0.25, 0.3) is 11.3 Å². The molecular formula is C11H7F2N3O3. The number of H-pyrrole nitrogens is 1. The number of carboxylic acid groups (broad SMARTS) is 1. The number of halogens is 2. The van der Waals surface area contributed by atoms with Gasteiger partial charge in [-0.2, -0.15) is 5.10 Å². The first-order valence-corrected chi connectivity index (χ1v) is 5.06. The fourth-order valence-electron chi connectivity index (χ4n) is 1.40. The SMILES string of the molecule is O=C(O)c1cc(-c2ccc(C(F)F)nc2)n[nH]c1=O. The minimum Gasteiger partial charge on any atom is -0.477 e. The number of nitrogens with zero attached hydrogens (tertiary/aromatic N) is 2. The van der Waals surface area contributed by atoms with Crippen molar-refractivity contribution in [2.24, 2.45) is 0 Å². The van der Waals surface area contributed by atoms with Gasteiger partial charge in [0.2, 0.25) is 0 Å². The van der Waals surface area contributed by atoms with Crippen LogP contribution in [0.4, 0.5) is 8.78 Å². The molecule has 0 radical (unpaired) electrons. The van der Waals surface area contributed by atoms with Crippen LogP contribution < -0.4 is 5.56 Å². The second-order valence-corrected chi connectivity index (χ2v) is 3.57. The highest BCUT2D eigenvalue weighted by Gasteiger charge is 2.13. The van der Waals surface area contributed by atoms with Gasteiger partial charge in [0.1, 0.15) is 11.3 Å². The predicted octanol–water partition coefficient (Wildman–Crippen LogP) is 1.47. The number of pyridine rings is 1. The first-order valence-electron chi connectivity index (χ1n) is 5.06.